The van der Waals surface area contributed by atoms with Gasteiger partial charge in [-0.15, -0.1) is 0 Å². The van der Waals surface area contributed by atoms with Crippen molar-refractivity contribution in [2.45, 2.75) is 0 Å². The molecule has 0 aliphatic heterocycles. The van der Waals surface area contributed by atoms with E-state index in [1.165, 1.54) is 5.56 Å². The van der Waals surface area contributed by atoms with Crippen LogP contribution in [-0.2, 0) is 0 Å². The van der Waals surface area contributed by atoms with Gasteiger partial charge in [-0.05, 0) is 95.1 Å². The van der Waals surface area contributed by atoms with E-state index >= 15 is 0 Å². The first-order valence-corrected chi connectivity index (χ1v) is 18.0. The van der Waals surface area contributed by atoms with Gasteiger partial charge in [0.2, 0.25) is 5.89 Å². The van der Waals surface area contributed by atoms with E-state index in [4.69, 9.17) is 18.2 Å². The van der Waals surface area contributed by atoms with Crippen molar-refractivity contribution in [3.05, 3.63) is 182 Å². The topological polar surface area (TPSA) is 55.6 Å². The van der Waals surface area contributed by atoms with E-state index in [2.05, 4.69) is 120 Å². The second-order valence-electron chi connectivity index (χ2n) is 13.5. The SMILES string of the molecule is c1ccc(-c2ccc(N(c3ccc(-c4cccc5oc6ccccc6c45)cc3)c3ccc4c(c3)oc3ccc5oc(-c6ccccc6)nc5c34)cc2)cc1. The van der Waals surface area contributed by atoms with Crippen molar-refractivity contribution < 1.29 is 13.3 Å². The van der Waals surface area contributed by atoms with Gasteiger partial charge in [-0.1, -0.05) is 103 Å². The van der Waals surface area contributed by atoms with Crippen molar-refractivity contribution in [1.29, 1.82) is 0 Å². The summed E-state index contributed by atoms with van der Waals surface area (Å²) >= 11 is 0. The predicted octanol–water partition coefficient (Wildman–Crippen LogP) is 14.1. The zero-order chi connectivity index (χ0) is 35.6. The molecular formula is C49H30N2O3. The Balaban J connectivity index is 1.04. The monoisotopic (exact) mass is 694 g/mol. The van der Waals surface area contributed by atoms with Crippen LogP contribution < -0.4 is 4.90 Å². The van der Waals surface area contributed by atoms with Crippen molar-refractivity contribution in [1.82, 2.24) is 4.98 Å². The van der Waals surface area contributed by atoms with Crippen LogP contribution in [-0.4, -0.2) is 4.98 Å². The van der Waals surface area contributed by atoms with Gasteiger partial charge in [0, 0.05) is 44.9 Å². The Morgan fingerprint density at radius 1 is 0.352 bits per heavy atom. The molecule has 0 fully saturated rings. The summed E-state index contributed by atoms with van der Waals surface area (Å²) in [7, 11) is 0. The van der Waals surface area contributed by atoms with Crippen LogP contribution in [0.5, 0.6) is 0 Å². The van der Waals surface area contributed by atoms with Crippen LogP contribution in [0.1, 0.15) is 0 Å². The molecule has 0 aliphatic rings. The lowest BCUT2D eigenvalue weighted by atomic mass is 9.99. The summed E-state index contributed by atoms with van der Waals surface area (Å²) in [6, 6.07) is 62.8. The number of nitrogens with zero attached hydrogens (tertiary/aromatic N) is 2. The molecule has 3 heterocycles. The largest absolute Gasteiger partial charge is 0.456 e. The van der Waals surface area contributed by atoms with Crippen LogP contribution in [0.2, 0.25) is 0 Å². The van der Waals surface area contributed by atoms with Crippen LogP contribution in [0, 0.1) is 0 Å². The summed E-state index contributed by atoms with van der Waals surface area (Å²) in [5, 5.41) is 4.18. The van der Waals surface area contributed by atoms with E-state index in [1.807, 2.05) is 66.7 Å². The molecule has 0 atom stereocenters. The minimum atomic E-state index is 0.592. The van der Waals surface area contributed by atoms with Gasteiger partial charge in [0.25, 0.3) is 0 Å². The fourth-order valence-electron chi connectivity index (χ4n) is 7.77. The van der Waals surface area contributed by atoms with Gasteiger partial charge in [0.1, 0.15) is 27.8 Å². The normalized spacial score (nSPS) is 11.7. The van der Waals surface area contributed by atoms with E-state index in [-0.39, 0.29) is 0 Å². The number of hydrogen-bond donors (Lipinski definition) is 0. The van der Waals surface area contributed by atoms with Gasteiger partial charge in [0.15, 0.2) is 5.58 Å². The van der Waals surface area contributed by atoms with Gasteiger partial charge in [0.05, 0.1) is 5.39 Å². The molecule has 0 unspecified atom stereocenters. The Morgan fingerprint density at radius 2 is 0.926 bits per heavy atom. The van der Waals surface area contributed by atoms with Crippen LogP contribution in [0.15, 0.2) is 195 Å². The smallest absolute Gasteiger partial charge is 0.227 e. The summed E-state index contributed by atoms with van der Waals surface area (Å²) in [4.78, 5) is 7.22. The van der Waals surface area contributed by atoms with Gasteiger partial charge >= 0.3 is 0 Å². The Morgan fingerprint density at radius 3 is 1.70 bits per heavy atom. The first-order chi connectivity index (χ1) is 26.7. The molecule has 0 radical (unpaired) electrons. The number of rotatable bonds is 6. The zero-order valence-corrected chi connectivity index (χ0v) is 28.9. The van der Waals surface area contributed by atoms with Crippen LogP contribution in [0.4, 0.5) is 17.1 Å². The predicted molar refractivity (Wildman–Crippen MR) is 220 cm³/mol. The maximum Gasteiger partial charge on any atom is 0.227 e. The molecule has 0 saturated carbocycles. The van der Waals surface area contributed by atoms with Gasteiger partial charge < -0.3 is 18.2 Å². The maximum atomic E-state index is 6.54. The molecule has 11 rings (SSSR count). The molecule has 11 aromatic rings. The number of fused-ring (bicyclic) bond motifs is 8. The van der Waals surface area contributed by atoms with E-state index < -0.39 is 0 Å². The lowest BCUT2D eigenvalue weighted by Gasteiger charge is -2.26. The molecule has 0 bridgehead atoms. The third kappa shape index (κ3) is 4.90. The molecule has 0 saturated heterocycles. The van der Waals surface area contributed by atoms with E-state index in [9.17, 15) is 0 Å². The van der Waals surface area contributed by atoms with Crippen molar-refractivity contribution in [3.63, 3.8) is 0 Å². The molecule has 8 aromatic carbocycles. The number of benzene rings is 8. The molecule has 54 heavy (non-hydrogen) atoms. The molecular weight excluding hydrogens is 665 g/mol. The third-order valence-corrected chi connectivity index (χ3v) is 10.3. The number of furan rings is 2. The van der Waals surface area contributed by atoms with Gasteiger partial charge in [-0.2, -0.15) is 0 Å². The molecule has 0 amide bonds. The number of para-hydroxylation sites is 1. The Labute approximate surface area is 309 Å². The number of anilines is 3. The minimum Gasteiger partial charge on any atom is -0.456 e. The highest BCUT2D eigenvalue weighted by Gasteiger charge is 2.20. The minimum absolute atomic E-state index is 0.592. The molecule has 5 heteroatoms. The summed E-state index contributed by atoms with van der Waals surface area (Å²) in [6.45, 7) is 0. The first-order valence-electron chi connectivity index (χ1n) is 18.0. The van der Waals surface area contributed by atoms with E-state index in [0.717, 1.165) is 94.3 Å². The Hall–Kier alpha value is -7.37. The number of hydrogen-bond acceptors (Lipinski definition) is 5. The zero-order valence-electron chi connectivity index (χ0n) is 28.9. The summed E-state index contributed by atoms with van der Waals surface area (Å²) < 4.78 is 19.0. The Bertz CT molecular complexity index is 3140. The lowest BCUT2D eigenvalue weighted by molar-refractivity contribution is 0.619. The fraction of sp³-hybridized carbons (Fsp3) is 0. The van der Waals surface area contributed by atoms with Gasteiger partial charge in [-0.25, -0.2) is 4.98 Å². The molecule has 3 aromatic heterocycles. The van der Waals surface area contributed by atoms with E-state index in [0.29, 0.717) is 5.89 Å². The van der Waals surface area contributed by atoms with Crippen molar-refractivity contribution in [2.75, 3.05) is 4.90 Å². The standard InChI is InChI=1S/C49H30N2O3/c1-3-10-31(11-4-1)32-18-22-35(23-19-32)51(36-24-20-33(21-25-36)38-15-9-17-42-46(38)39-14-7-8-16-41(39)52-42)37-26-27-40-45(30-37)53-43-28-29-44-48(47(40)43)50-49(54-44)34-12-5-2-6-13-34/h1-30H. The molecule has 5 nitrogen and oxygen atoms in total. The first kappa shape index (κ1) is 30.3. The second-order valence-corrected chi connectivity index (χ2v) is 13.5. The number of oxazole rings is 1. The van der Waals surface area contributed by atoms with Crippen LogP contribution >= 0.6 is 0 Å². The average Bonchev–Trinajstić information content (AvgIpc) is 3.95. The number of aromatic nitrogens is 1. The summed E-state index contributed by atoms with van der Waals surface area (Å²) in [6.07, 6.45) is 0. The van der Waals surface area contributed by atoms with Crippen LogP contribution in [0.3, 0.4) is 0 Å². The highest BCUT2D eigenvalue weighted by molar-refractivity contribution is 6.17. The summed E-state index contributed by atoms with van der Waals surface area (Å²) in [5.41, 5.74) is 13.4. The fourth-order valence-corrected chi connectivity index (χ4v) is 7.77. The van der Waals surface area contributed by atoms with Crippen LogP contribution in [0.25, 0.3) is 88.7 Å². The maximum absolute atomic E-state index is 6.54. The Kier molecular flexibility index (Phi) is 6.79. The molecule has 254 valence electrons. The molecule has 0 aliphatic carbocycles. The van der Waals surface area contributed by atoms with Crippen molar-refractivity contribution in [2.24, 2.45) is 0 Å². The summed E-state index contributed by atoms with van der Waals surface area (Å²) in [5.74, 6) is 0.592. The quantitative estimate of drug-likeness (QED) is 0.173. The highest BCUT2D eigenvalue weighted by Crippen LogP contribution is 2.43. The molecule has 0 spiro atoms. The average molecular weight is 695 g/mol. The van der Waals surface area contributed by atoms with Crippen molar-refractivity contribution in [3.8, 4) is 33.7 Å². The van der Waals surface area contributed by atoms with Crippen molar-refractivity contribution >= 4 is 72.0 Å². The third-order valence-electron chi connectivity index (χ3n) is 10.3. The highest BCUT2D eigenvalue weighted by atomic mass is 16.4. The molecule has 0 N–H and O–H groups in total. The van der Waals surface area contributed by atoms with E-state index in [1.54, 1.807) is 0 Å². The second kappa shape index (κ2) is 12.1. The van der Waals surface area contributed by atoms with Gasteiger partial charge in [-0.3, -0.25) is 0 Å². The lowest BCUT2D eigenvalue weighted by Crippen LogP contribution is -2.09.